The van der Waals surface area contributed by atoms with Crippen LogP contribution in [0.1, 0.15) is 113 Å². The topological polar surface area (TPSA) is 37.4 Å². The van der Waals surface area contributed by atoms with E-state index in [9.17, 15) is 9.59 Å². The van der Waals surface area contributed by atoms with E-state index in [1.165, 1.54) is 80.9 Å². The summed E-state index contributed by atoms with van der Waals surface area (Å²) in [5, 5.41) is 0. The number of nitrogens with zero attached hydrogens (tertiary/aromatic N) is 1. The normalized spacial score (nSPS) is 13.7. The molecule has 0 N–H and O–H groups in total. The van der Waals surface area contributed by atoms with Crippen LogP contribution in [0.4, 0.5) is 0 Å². The molecule has 1 aliphatic rings. The average Bonchev–Trinajstić information content (AvgIpc) is 3.43. The second kappa shape index (κ2) is 16.3. The molecule has 0 radical (unpaired) electrons. The lowest BCUT2D eigenvalue weighted by Gasteiger charge is -2.24. The lowest BCUT2D eigenvalue weighted by atomic mass is 10.0. The summed E-state index contributed by atoms with van der Waals surface area (Å²) in [5.41, 5.74) is 4.93. The third kappa shape index (κ3) is 10.3. The third-order valence-electron chi connectivity index (χ3n) is 7.76. The van der Waals surface area contributed by atoms with Crippen molar-refractivity contribution in [2.45, 2.75) is 116 Å². The zero-order valence-electron chi connectivity index (χ0n) is 22.6. The first-order valence-corrected chi connectivity index (χ1v) is 14.5. The van der Waals surface area contributed by atoms with Crippen molar-refractivity contribution in [3.8, 4) is 0 Å². The van der Waals surface area contributed by atoms with E-state index in [-0.39, 0.29) is 5.91 Å². The summed E-state index contributed by atoms with van der Waals surface area (Å²) >= 11 is 0. The Hall–Kier alpha value is -2.42. The Morgan fingerprint density at radius 3 is 1.89 bits per heavy atom. The van der Waals surface area contributed by atoms with Crippen molar-refractivity contribution in [3.63, 3.8) is 0 Å². The molecule has 0 aromatic heterocycles. The van der Waals surface area contributed by atoms with Gasteiger partial charge in [-0.1, -0.05) is 113 Å². The highest BCUT2D eigenvalue weighted by Gasteiger charge is 2.20. The van der Waals surface area contributed by atoms with Gasteiger partial charge in [-0.15, -0.1) is 0 Å². The predicted molar refractivity (Wildman–Crippen MR) is 150 cm³/mol. The van der Waals surface area contributed by atoms with Crippen LogP contribution in [0, 0.1) is 5.92 Å². The van der Waals surface area contributed by atoms with Crippen molar-refractivity contribution in [2.24, 2.45) is 5.92 Å². The summed E-state index contributed by atoms with van der Waals surface area (Å²) in [6, 6.07) is 17.4. The SMILES string of the molecule is CCCCCCCCc1ccc(CN(Cc2ccc(CCC=O)cc2)C(=O)CCC2CCCC2)cc1. The molecule has 2 aromatic carbocycles. The Labute approximate surface area is 219 Å². The van der Waals surface area contributed by atoms with Gasteiger partial charge in [0.05, 0.1) is 0 Å². The van der Waals surface area contributed by atoms with E-state index >= 15 is 0 Å². The molecule has 1 fully saturated rings. The molecule has 0 unspecified atom stereocenters. The summed E-state index contributed by atoms with van der Waals surface area (Å²) in [5.74, 6) is 0.997. The van der Waals surface area contributed by atoms with Crippen LogP contribution in [-0.2, 0) is 35.5 Å². The molecule has 1 saturated carbocycles. The van der Waals surface area contributed by atoms with Crippen molar-refractivity contribution in [1.29, 1.82) is 0 Å². The van der Waals surface area contributed by atoms with Crippen LogP contribution in [0.25, 0.3) is 0 Å². The van der Waals surface area contributed by atoms with E-state index in [4.69, 9.17) is 0 Å². The Balaban J connectivity index is 1.57. The number of aryl methyl sites for hydroxylation is 2. The van der Waals surface area contributed by atoms with Gasteiger partial charge in [-0.25, -0.2) is 0 Å². The van der Waals surface area contributed by atoms with Gasteiger partial charge in [0.2, 0.25) is 5.91 Å². The van der Waals surface area contributed by atoms with Gasteiger partial charge in [-0.05, 0) is 53.9 Å². The number of carbonyl (C=O) groups excluding carboxylic acids is 2. The summed E-state index contributed by atoms with van der Waals surface area (Å²) in [6.07, 6.45) is 18.3. The van der Waals surface area contributed by atoms with Gasteiger partial charge in [0.1, 0.15) is 6.29 Å². The maximum Gasteiger partial charge on any atom is 0.223 e. The molecule has 3 rings (SSSR count). The Morgan fingerprint density at radius 2 is 1.31 bits per heavy atom. The highest BCUT2D eigenvalue weighted by atomic mass is 16.2. The zero-order valence-corrected chi connectivity index (χ0v) is 22.6. The molecule has 0 atom stereocenters. The Bertz CT molecular complexity index is 881. The van der Waals surface area contributed by atoms with Crippen LogP contribution in [0.2, 0.25) is 0 Å². The fourth-order valence-corrected chi connectivity index (χ4v) is 5.42. The fraction of sp³-hybridized carbons (Fsp3) is 0.576. The molecule has 3 heteroatoms. The molecule has 36 heavy (non-hydrogen) atoms. The lowest BCUT2D eigenvalue weighted by molar-refractivity contribution is -0.132. The summed E-state index contributed by atoms with van der Waals surface area (Å²) < 4.78 is 0. The molecular formula is C33H47NO2. The molecular weight excluding hydrogens is 442 g/mol. The number of unbranched alkanes of at least 4 members (excludes halogenated alkanes) is 5. The van der Waals surface area contributed by atoms with Crippen LogP contribution in [0.5, 0.6) is 0 Å². The number of rotatable bonds is 17. The molecule has 0 aliphatic heterocycles. The highest BCUT2D eigenvalue weighted by Crippen LogP contribution is 2.29. The number of hydrogen-bond donors (Lipinski definition) is 0. The monoisotopic (exact) mass is 489 g/mol. The number of amides is 1. The highest BCUT2D eigenvalue weighted by molar-refractivity contribution is 5.76. The van der Waals surface area contributed by atoms with E-state index in [2.05, 4.69) is 55.5 Å². The van der Waals surface area contributed by atoms with Gasteiger partial charge in [-0.2, -0.15) is 0 Å². The zero-order chi connectivity index (χ0) is 25.4. The smallest absolute Gasteiger partial charge is 0.223 e. The third-order valence-corrected chi connectivity index (χ3v) is 7.76. The maximum atomic E-state index is 13.3. The van der Waals surface area contributed by atoms with E-state index < -0.39 is 0 Å². The molecule has 0 saturated heterocycles. The summed E-state index contributed by atoms with van der Waals surface area (Å²) in [6.45, 7) is 3.56. The maximum absolute atomic E-state index is 13.3. The largest absolute Gasteiger partial charge is 0.334 e. The van der Waals surface area contributed by atoms with Crippen LogP contribution in [0.15, 0.2) is 48.5 Å². The molecule has 2 aromatic rings. The number of carbonyl (C=O) groups is 2. The minimum absolute atomic E-state index is 0.267. The quantitative estimate of drug-likeness (QED) is 0.166. The summed E-state index contributed by atoms with van der Waals surface area (Å²) in [7, 11) is 0. The Kier molecular flexibility index (Phi) is 12.8. The number of aldehydes is 1. The molecule has 0 heterocycles. The molecule has 3 nitrogen and oxygen atoms in total. The predicted octanol–water partition coefficient (Wildman–Crippen LogP) is 8.22. The Morgan fingerprint density at radius 1 is 0.778 bits per heavy atom. The van der Waals surface area contributed by atoms with E-state index in [0.29, 0.717) is 25.9 Å². The van der Waals surface area contributed by atoms with E-state index in [0.717, 1.165) is 37.0 Å². The first-order valence-electron chi connectivity index (χ1n) is 14.5. The standard InChI is InChI=1S/C33H47NO2/c1-2-3-4-5-6-7-11-29-15-19-31(20-16-29)26-34(33(36)24-23-28-12-8-9-13-28)27-32-21-17-30(18-22-32)14-10-25-35/h15-22,25,28H,2-14,23-24,26-27H2,1H3. The van der Waals surface area contributed by atoms with Gasteiger partial charge in [0, 0.05) is 25.9 Å². The number of benzene rings is 2. The lowest BCUT2D eigenvalue weighted by Crippen LogP contribution is -2.30. The van der Waals surface area contributed by atoms with Crippen molar-refractivity contribution >= 4 is 12.2 Å². The van der Waals surface area contributed by atoms with Crippen LogP contribution >= 0.6 is 0 Å². The van der Waals surface area contributed by atoms with Gasteiger partial charge >= 0.3 is 0 Å². The first-order chi connectivity index (χ1) is 17.7. The molecule has 1 aliphatic carbocycles. The van der Waals surface area contributed by atoms with Crippen molar-refractivity contribution in [2.75, 3.05) is 0 Å². The van der Waals surface area contributed by atoms with Crippen molar-refractivity contribution in [3.05, 3.63) is 70.8 Å². The fourth-order valence-electron chi connectivity index (χ4n) is 5.42. The van der Waals surface area contributed by atoms with Crippen molar-refractivity contribution in [1.82, 2.24) is 4.90 Å². The minimum atomic E-state index is 0.267. The molecule has 1 amide bonds. The van der Waals surface area contributed by atoms with E-state index in [1.807, 2.05) is 4.90 Å². The molecule has 0 bridgehead atoms. The minimum Gasteiger partial charge on any atom is -0.334 e. The average molecular weight is 490 g/mol. The molecule has 196 valence electrons. The van der Waals surface area contributed by atoms with Crippen molar-refractivity contribution < 1.29 is 9.59 Å². The van der Waals surface area contributed by atoms with Crippen LogP contribution in [0.3, 0.4) is 0 Å². The van der Waals surface area contributed by atoms with Gasteiger partial charge in [0.15, 0.2) is 0 Å². The van der Waals surface area contributed by atoms with Crippen LogP contribution < -0.4 is 0 Å². The second-order valence-corrected chi connectivity index (χ2v) is 10.8. The van der Waals surface area contributed by atoms with E-state index in [1.54, 1.807) is 0 Å². The first kappa shape index (κ1) is 28.2. The second-order valence-electron chi connectivity index (χ2n) is 10.8. The summed E-state index contributed by atoms with van der Waals surface area (Å²) in [4.78, 5) is 26.0. The van der Waals surface area contributed by atoms with Gasteiger partial charge in [-0.3, -0.25) is 4.79 Å². The molecule has 0 spiro atoms. The number of hydrogen-bond acceptors (Lipinski definition) is 2. The van der Waals surface area contributed by atoms with Crippen LogP contribution in [-0.4, -0.2) is 17.1 Å². The van der Waals surface area contributed by atoms with Gasteiger partial charge < -0.3 is 9.69 Å². The van der Waals surface area contributed by atoms with Gasteiger partial charge in [0.25, 0.3) is 0 Å².